The second kappa shape index (κ2) is 5.03. The van der Waals surface area contributed by atoms with Crippen molar-refractivity contribution in [2.45, 2.75) is 12.8 Å². The Morgan fingerprint density at radius 2 is 2.14 bits per heavy atom. The number of hydrogen-bond donors (Lipinski definition) is 1. The van der Waals surface area contributed by atoms with Crippen LogP contribution in [0.4, 0.5) is 0 Å². The van der Waals surface area contributed by atoms with Crippen LogP contribution in [0.2, 0.25) is 0 Å². The van der Waals surface area contributed by atoms with Crippen LogP contribution in [-0.4, -0.2) is 48.5 Å². The highest BCUT2D eigenvalue weighted by molar-refractivity contribution is 7.99. The van der Waals surface area contributed by atoms with Gasteiger partial charge in [-0.15, -0.1) is 0 Å². The molecule has 0 saturated carbocycles. The van der Waals surface area contributed by atoms with Crippen LogP contribution in [0, 0.1) is 5.92 Å². The van der Waals surface area contributed by atoms with Crippen LogP contribution in [0.15, 0.2) is 0 Å². The minimum Gasteiger partial charge on any atom is -0.341 e. The molecule has 14 heavy (non-hydrogen) atoms. The van der Waals surface area contributed by atoms with Gasteiger partial charge < -0.3 is 10.2 Å². The molecule has 3 nitrogen and oxygen atoms in total. The van der Waals surface area contributed by atoms with E-state index in [9.17, 15) is 4.79 Å². The number of piperidine rings is 1. The first-order chi connectivity index (χ1) is 6.88. The lowest BCUT2D eigenvalue weighted by Crippen LogP contribution is -2.46. The van der Waals surface area contributed by atoms with Gasteiger partial charge in [-0.1, -0.05) is 0 Å². The molecule has 0 bridgehead atoms. The quantitative estimate of drug-likeness (QED) is 0.692. The molecular weight excluding hydrogens is 196 g/mol. The third-order valence-electron chi connectivity index (χ3n) is 2.97. The molecule has 1 amide bonds. The topological polar surface area (TPSA) is 32.3 Å². The second-order valence-electron chi connectivity index (χ2n) is 3.98. The maximum atomic E-state index is 12.0. The van der Waals surface area contributed by atoms with Crippen LogP contribution < -0.4 is 5.32 Å². The lowest BCUT2D eigenvalue weighted by molar-refractivity contribution is -0.135. The first kappa shape index (κ1) is 10.3. The van der Waals surface area contributed by atoms with Crippen LogP contribution >= 0.6 is 11.8 Å². The maximum Gasteiger partial charge on any atom is 0.227 e. The third-order valence-corrected chi connectivity index (χ3v) is 3.91. The largest absolute Gasteiger partial charge is 0.341 e. The average Bonchev–Trinajstić information content (AvgIpc) is 2.30. The van der Waals surface area contributed by atoms with E-state index in [4.69, 9.17) is 0 Å². The van der Waals surface area contributed by atoms with E-state index in [1.807, 2.05) is 16.7 Å². The molecule has 0 aliphatic carbocycles. The first-order valence-corrected chi connectivity index (χ1v) is 6.60. The van der Waals surface area contributed by atoms with E-state index in [2.05, 4.69) is 5.32 Å². The molecular formula is C10H18N2OS. The summed E-state index contributed by atoms with van der Waals surface area (Å²) in [5.74, 6) is 2.88. The summed E-state index contributed by atoms with van der Waals surface area (Å²) in [6.07, 6.45) is 2.23. The molecule has 2 aliphatic rings. The molecule has 1 N–H and O–H groups in total. The number of hydrogen-bond acceptors (Lipinski definition) is 3. The predicted octanol–water partition coefficient (Wildman–Crippen LogP) is 0.561. The van der Waals surface area contributed by atoms with Gasteiger partial charge in [0.1, 0.15) is 0 Å². The normalized spacial score (nSPS) is 28.9. The van der Waals surface area contributed by atoms with Crippen molar-refractivity contribution in [1.82, 2.24) is 10.2 Å². The number of amides is 1. The lowest BCUT2D eigenvalue weighted by atomic mass is 9.98. The van der Waals surface area contributed by atoms with Gasteiger partial charge in [0, 0.05) is 31.1 Å². The van der Waals surface area contributed by atoms with Crippen LogP contribution in [0.5, 0.6) is 0 Å². The van der Waals surface area contributed by atoms with E-state index in [1.54, 1.807) is 0 Å². The van der Waals surface area contributed by atoms with Gasteiger partial charge in [0.25, 0.3) is 0 Å². The number of nitrogens with one attached hydrogen (secondary N) is 1. The molecule has 2 fully saturated rings. The predicted molar refractivity (Wildman–Crippen MR) is 59.5 cm³/mol. The molecule has 0 radical (unpaired) electrons. The molecule has 2 heterocycles. The molecule has 2 rings (SSSR count). The van der Waals surface area contributed by atoms with Gasteiger partial charge in [0.15, 0.2) is 0 Å². The first-order valence-electron chi connectivity index (χ1n) is 5.45. The van der Waals surface area contributed by atoms with Crippen molar-refractivity contribution in [3.05, 3.63) is 0 Å². The highest BCUT2D eigenvalue weighted by Gasteiger charge is 2.26. The Kier molecular flexibility index (Phi) is 3.70. The van der Waals surface area contributed by atoms with E-state index in [-0.39, 0.29) is 5.92 Å². The number of thioether (sulfide) groups is 1. The monoisotopic (exact) mass is 214 g/mol. The Morgan fingerprint density at radius 1 is 1.36 bits per heavy atom. The summed E-state index contributed by atoms with van der Waals surface area (Å²) in [5.41, 5.74) is 0. The van der Waals surface area contributed by atoms with Crippen LogP contribution in [0.25, 0.3) is 0 Å². The van der Waals surface area contributed by atoms with E-state index < -0.39 is 0 Å². The summed E-state index contributed by atoms with van der Waals surface area (Å²) in [5, 5.41) is 3.30. The van der Waals surface area contributed by atoms with E-state index in [0.717, 1.165) is 50.5 Å². The molecule has 0 unspecified atom stereocenters. The Labute approximate surface area is 89.6 Å². The van der Waals surface area contributed by atoms with Crippen LogP contribution in [0.1, 0.15) is 12.8 Å². The molecule has 0 aromatic rings. The fourth-order valence-electron chi connectivity index (χ4n) is 2.10. The Hall–Kier alpha value is -0.220. The third kappa shape index (κ3) is 2.42. The van der Waals surface area contributed by atoms with Crippen LogP contribution in [-0.2, 0) is 4.79 Å². The van der Waals surface area contributed by atoms with E-state index in [0.29, 0.717) is 5.91 Å². The fourth-order valence-corrected chi connectivity index (χ4v) is 3.01. The summed E-state index contributed by atoms with van der Waals surface area (Å²) in [6.45, 7) is 3.89. The highest BCUT2D eigenvalue weighted by atomic mass is 32.2. The van der Waals surface area contributed by atoms with Gasteiger partial charge in [-0.3, -0.25) is 4.79 Å². The lowest BCUT2D eigenvalue weighted by Gasteiger charge is -2.31. The SMILES string of the molecule is O=C([C@H]1CCCNC1)N1CCSCC1. The number of carbonyl (C=O) groups excluding carboxylic acids is 1. The van der Waals surface area contributed by atoms with Crippen LogP contribution in [0.3, 0.4) is 0 Å². The summed E-state index contributed by atoms with van der Waals surface area (Å²) < 4.78 is 0. The van der Waals surface area contributed by atoms with Gasteiger partial charge in [0.05, 0.1) is 5.92 Å². The van der Waals surface area contributed by atoms with Crippen molar-refractivity contribution in [2.75, 3.05) is 37.7 Å². The van der Waals surface area contributed by atoms with Gasteiger partial charge in [-0.2, -0.15) is 11.8 Å². The minimum absolute atomic E-state index is 0.256. The van der Waals surface area contributed by atoms with Gasteiger partial charge in [-0.05, 0) is 19.4 Å². The molecule has 2 saturated heterocycles. The van der Waals surface area contributed by atoms with Gasteiger partial charge in [0.2, 0.25) is 5.91 Å². The fraction of sp³-hybridized carbons (Fsp3) is 0.900. The second-order valence-corrected chi connectivity index (χ2v) is 5.21. The van der Waals surface area contributed by atoms with Crippen molar-refractivity contribution in [3.8, 4) is 0 Å². The zero-order valence-electron chi connectivity index (χ0n) is 8.50. The molecule has 0 aromatic heterocycles. The standard InChI is InChI=1S/C10H18N2OS/c13-10(9-2-1-3-11-8-9)12-4-6-14-7-5-12/h9,11H,1-8H2/t9-/m0/s1. The molecule has 0 spiro atoms. The summed E-state index contributed by atoms with van der Waals surface area (Å²) in [4.78, 5) is 14.1. The maximum absolute atomic E-state index is 12.0. The highest BCUT2D eigenvalue weighted by Crippen LogP contribution is 2.16. The summed E-state index contributed by atoms with van der Waals surface area (Å²) in [7, 11) is 0. The van der Waals surface area contributed by atoms with E-state index in [1.165, 1.54) is 0 Å². The molecule has 2 aliphatic heterocycles. The van der Waals surface area contributed by atoms with Crippen molar-refractivity contribution < 1.29 is 4.79 Å². The Morgan fingerprint density at radius 3 is 2.79 bits per heavy atom. The van der Waals surface area contributed by atoms with Crippen molar-refractivity contribution in [2.24, 2.45) is 5.92 Å². The summed E-state index contributed by atoms with van der Waals surface area (Å²) in [6, 6.07) is 0. The molecule has 4 heteroatoms. The smallest absolute Gasteiger partial charge is 0.227 e. The Balaban J connectivity index is 1.85. The number of nitrogens with zero attached hydrogens (tertiary/aromatic N) is 1. The van der Waals surface area contributed by atoms with Crippen molar-refractivity contribution in [1.29, 1.82) is 0 Å². The molecule has 1 atom stereocenters. The molecule has 80 valence electrons. The van der Waals surface area contributed by atoms with Crippen molar-refractivity contribution in [3.63, 3.8) is 0 Å². The zero-order valence-corrected chi connectivity index (χ0v) is 9.31. The minimum atomic E-state index is 0.256. The van der Waals surface area contributed by atoms with Crippen molar-refractivity contribution >= 4 is 17.7 Å². The zero-order chi connectivity index (χ0) is 9.80. The molecule has 0 aromatic carbocycles. The number of carbonyl (C=O) groups is 1. The average molecular weight is 214 g/mol. The summed E-state index contributed by atoms with van der Waals surface area (Å²) >= 11 is 1.95. The van der Waals surface area contributed by atoms with E-state index >= 15 is 0 Å². The van der Waals surface area contributed by atoms with Gasteiger partial charge >= 0.3 is 0 Å². The van der Waals surface area contributed by atoms with Gasteiger partial charge in [-0.25, -0.2) is 0 Å². The Bertz CT molecular complexity index is 178. The number of rotatable bonds is 1.